The van der Waals surface area contributed by atoms with E-state index in [1.54, 1.807) is 18.6 Å². The summed E-state index contributed by atoms with van der Waals surface area (Å²) in [5, 5.41) is 14.8. The monoisotopic (exact) mass is 574 g/mol. The molecule has 2 N–H and O–H groups in total. The number of carboxylic acid groups (broad SMARTS) is 2. The minimum atomic E-state index is -5.08. The van der Waals surface area contributed by atoms with Gasteiger partial charge in [0.1, 0.15) is 5.75 Å². The second kappa shape index (κ2) is 12.9. The summed E-state index contributed by atoms with van der Waals surface area (Å²) in [4.78, 5) is 32.8. The first kappa shape index (κ1) is 30.8. The summed E-state index contributed by atoms with van der Waals surface area (Å²) in [6.07, 6.45) is -4.92. The van der Waals surface area contributed by atoms with Crippen molar-refractivity contribution in [2.45, 2.75) is 25.4 Å². The maximum atomic E-state index is 10.6. The van der Waals surface area contributed by atoms with Gasteiger partial charge in [-0.15, -0.1) is 0 Å². The van der Waals surface area contributed by atoms with Crippen molar-refractivity contribution in [1.82, 2.24) is 15.0 Å². The summed E-state index contributed by atoms with van der Waals surface area (Å²) in [6, 6.07) is 3.91. The Hall–Kier alpha value is -3.40. The van der Waals surface area contributed by atoms with E-state index < -0.39 is 24.3 Å². The summed E-state index contributed by atoms with van der Waals surface area (Å²) in [5.74, 6) is -3.20. The number of rotatable bonds is 4. The molecule has 0 aromatic carbocycles. The fraction of sp³-hybridized carbons (Fsp3) is 0.476. The smallest absolute Gasteiger partial charge is 0.490 e. The van der Waals surface area contributed by atoms with Crippen LogP contribution in [0.15, 0.2) is 30.7 Å². The summed E-state index contributed by atoms with van der Waals surface area (Å²) < 4.78 is 75.3. The number of hydrogen-bond acceptors (Lipinski definition) is 8. The molecule has 0 spiro atoms. The first-order valence-corrected chi connectivity index (χ1v) is 11.0. The molecule has 0 bridgehead atoms. The number of ether oxygens (including phenoxy) is 2. The highest BCUT2D eigenvalue weighted by molar-refractivity contribution is 6.30. The van der Waals surface area contributed by atoms with Gasteiger partial charge in [0.2, 0.25) is 5.95 Å². The number of halogens is 7. The van der Waals surface area contributed by atoms with Crippen LogP contribution in [0.4, 0.5) is 32.3 Å². The maximum Gasteiger partial charge on any atom is 0.490 e. The van der Waals surface area contributed by atoms with E-state index in [2.05, 4.69) is 19.9 Å². The molecule has 38 heavy (non-hydrogen) atoms. The largest absolute Gasteiger partial charge is 0.492 e. The molecule has 0 saturated carbocycles. The van der Waals surface area contributed by atoms with E-state index in [9.17, 15) is 26.3 Å². The van der Waals surface area contributed by atoms with Crippen LogP contribution in [0.25, 0.3) is 0 Å². The minimum Gasteiger partial charge on any atom is -0.492 e. The fourth-order valence-electron chi connectivity index (χ4n) is 3.35. The average Bonchev–Trinajstić information content (AvgIpc) is 3.40. The number of pyridine rings is 1. The molecule has 10 nitrogen and oxygen atoms in total. The molecule has 2 aliphatic heterocycles. The molecule has 0 radical (unpaired) electrons. The standard InChI is InChI=1S/C17H19ClN4O2.2C2HF3O2/c1-11-2-3-14(6-19-11)23-9-12-10-24-16-8-22(7-15(12)16)17-20-4-13(18)5-21-17;2*3-2(4,5)1(6)7/h2-6,12,15-16H,7-10H2,1H3;2*(H,6,7)/t12-,15+,16+;;/m0../s1. The molecule has 2 fully saturated rings. The number of carboxylic acids is 2. The Labute approximate surface area is 216 Å². The van der Waals surface area contributed by atoms with Crippen molar-refractivity contribution in [2.75, 3.05) is 31.2 Å². The number of hydrogen-bond donors (Lipinski definition) is 2. The van der Waals surface area contributed by atoms with E-state index in [-0.39, 0.29) is 6.10 Å². The van der Waals surface area contributed by atoms with Gasteiger partial charge >= 0.3 is 24.3 Å². The number of carbonyl (C=O) groups is 2. The second-order valence-electron chi connectivity index (χ2n) is 7.95. The summed E-state index contributed by atoms with van der Waals surface area (Å²) in [6.45, 7) is 5.04. The van der Waals surface area contributed by atoms with Crippen LogP contribution < -0.4 is 9.64 Å². The van der Waals surface area contributed by atoms with Gasteiger partial charge in [0.15, 0.2) is 0 Å². The van der Waals surface area contributed by atoms with Crippen molar-refractivity contribution in [1.29, 1.82) is 0 Å². The quantitative estimate of drug-likeness (QED) is 0.521. The molecule has 4 rings (SSSR count). The first-order chi connectivity index (χ1) is 17.6. The summed E-state index contributed by atoms with van der Waals surface area (Å²) in [5.41, 5.74) is 0.987. The second-order valence-corrected chi connectivity index (χ2v) is 8.39. The Balaban J connectivity index is 0.000000301. The van der Waals surface area contributed by atoms with E-state index in [1.165, 1.54) is 0 Å². The van der Waals surface area contributed by atoms with Crippen molar-refractivity contribution >= 4 is 29.5 Å². The SMILES string of the molecule is Cc1ccc(OC[C@H]2CO[C@@H]3CN(c4ncc(Cl)cn4)C[C@H]23)cn1.O=C(O)C(F)(F)F.O=C(O)C(F)(F)F. The highest BCUT2D eigenvalue weighted by Gasteiger charge is 2.45. The molecule has 2 aromatic heterocycles. The number of nitrogens with zero attached hydrogens (tertiary/aromatic N) is 4. The van der Waals surface area contributed by atoms with Crippen LogP contribution in [-0.2, 0) is 14.3 Å². The Kier molecular flexibility index (Phi) is 10.5. The van der Waals surface area contributed by atoms with Crippen LogP contribution in [0.1, 0.15) is 5.69 Å². The maximum absolute atomic E-state index is 10.6. The fourth-order valence-corrected chi connectivity index (χ4v) is 3.44. The lowest BCUT2D eigenvalue weighted by molar-refractivity contribution is -0.193. The van der Waals surface area contributed by atoms with Crippen LogP contribution in [0.3, 0.4) is 0 Å². The van der Waals surface area contributed by atoms with Crippen LogP contribution >= 0.6 is 11.6 Å². The van der Waals surface area contributed by atoms with Gasteiger partial charge in [-0.2, -0.15) is 26.3 Å². The first-order valence-electron chi connectivity index (χ1n) is 10.6. The van der Waals surface area contributed by atoms with Crippen molar-refractivity contribution < 1.29 is 55.6 Å². The molecule has 0 aliphatic carbocycles. The van der Waals surface area contributed by atoms with E-state index in [0.29, 0.717) is 29.4 Å². The predicted molar refractivity (Wildman–Crippen MR) is 118 cm³/mol. The normalized spacial score (nSPS) is 20.4. The molecular weight excluding hydrogens is 554 g/mol. The molecule has 0 unspecified atom stereocenters. The van der Waals surface area contributed by atoms with Gasteiger partial charge in [-0.3, -0.25) is 4.98 Å². The third-order valence-electron chi connectivity index (χ3n) is 5.16. The number of alkyl halides is 6. The van der Waals surface area contributed by atoms with Gasteiger partial charge in [-0.1, -0.05) is 11.6 Å². The number of anilines is 1. The topological polar surface area (TPSA) is 135 Å². The van der Waals surface area contributed by atoms with Gasteiger partial charge in [0.05, 0.1) is 42.9 Å². The van der Waals surface area contributed by atoms with Gasteiger partial charge in [0.25, 0.3) is 0 Å². The van der Waals surface area contributed by atoms with Crippen molar-refractivity contribution in [3.63, 3.8) is 0 Å². The minimum absolute atomic E-state index is 0.217. The van der Waals surface area contributed by atoms with Crippen molar-refractivity contribution in [3.05, 3.63) is 41.4 Å². The van der Waals surface area contributed by atoms with Gasteiger partial charge < -0.3 is 24.6 Å². The van der Waals surface area contributed by atoms with Gasteiger partial charge in [-0.05, 0) is 19.1 Å². The third-order valence-corrected chi connectivity index (χ3v) is 5.36. The Bertz CT molecular complexity index is 1050. The van der Waals surface area contributed by atoms with Crippen LogP contribution in [0.5, 0.6) is 5.75 Å². The molecule has 4 heterocycles. The van der Waals surface area contributed by atoms with Gasteiger partial charge in [-0.25, -0.2) is 19.6 Å². The van der Waals surface area contributed by atoms with Crippen LogP contribution in [-0.4, -0.2) is 81.9 Å². The lowest BCUT2D eigenvalue weighted by Gasteiger charge is -2.20. The van der Waals surface area contributed by atoms with E-state index >= 15 is 0 Å². The summed E-state index contributed by atoms with van der Waals surface area (Å²) >= 11 is 5.86. The molecular formula is C21H21ClF6N4O6. The lowest BCUT2D eigenvalue weighted by Crippen LogP contribution is -2.27. The van der Waals surface area contributed by atoms with Crippen LogP contribution in [0.2, 0.25) is 5.02 Å². The molecule has 0 amide bonds. The summed E-state index contributed by atoms with van der Waals surface area (Å²) in [7, 11) is 0. The zero-order valence-corrected chi connectivity index (χ0v) is 20.2. The molecule has 2 aromatic rings. The zero-order valence-electron chi connectivity index (χ0n) is 19.4. The lowest BCUT2D eigenvalue weighted by atomic mass is 9.94. The molecule has 17 heteroatoms. The molecule has 210 valence electrons. The number of aromatic nitrogens is 3. The third kappa shape index (κ3) is 9.48. The predicted octanol–water partition coefficient (Wildman–Crippen LogP) is 3.63. The van der Waals surface area contributed by atoms with Crippen molar-refractivity contribution in [3.8, 4) is 5.75 Å². The van der Waals surface area contributed by atoms with Crippen molar-refractivity contribution in [2.24, 2.45) is 11.8 Å². The highest BCUT2D eigenvalue weighted by Crippen LogP contribution is 2.35. The molecule has 2 aliphatic rings. The van der Waals surface area contributed by atoms with E-state index in [4.69, 9.17) is 40.9 Å². The Morgan fingerprint density at radius 1 is 1.03 bits per heavy atom. The van der Waals surface area contributed by atoms with E-state index in [0.717, 1.165) is 31.1 Å². The number of aryl methyl sites for hydroxylation is 1. The average molecular weight is 575 g/mol. The number of fused-ring (bicyclic) bond motifs is 1. The highest BCUT2D eigenvalue weighted by atomic mass is 35.5. The number of aliphatic carboxylic acids is 2. The van der Waals surface area contributed by atoms with Gasteiger partial charge in [0, 0.05) is 30.6 Å². The zero-order chi connectivity index (χ0) is 28.7. The molecule has 2 saturated heterocycles. The Morgan fingerprint density at radius 2 is 1.58 bits per heavy atom. The van der Waals surface area contributed by atoms with E-state index in [1.807, 2.05) is 19.1 Å². The molecule has 3 atom stereocenters. The Morgan fingerprint density at radius 3 is 2.05 bits per heavy atom. The van der Waals surface area contributed by atoms with Crippen LogP contribution in [0, 0.1) is 18.8 Å².